The molecule has 0 aliphatic rings. The number of rotatable bonds is 12. The van der Waals surface area contributed by atoms with Crippen LogP contribution in [0, 0.1) is 10.8 Å². The molecule has 0 bridgehead atoms. The first-order chi connectivity index (χ1) is 18.7. The van der Waals surface area contributed by atoms with E-state index in [1.165, 1.54) is 6.08 Å². The van der Waals surface area contributed by atoms with E-state index in [9.17, 15) is 14.4 Å². The van der Waals surface area contributed by atoms with Gasteiger partial charge in [0, 0.05) is 16.7 Å². The minimum Gasteiger partial charge on any atom is -0.493 e. The number of aryl methyl sites for hydroxylation is 1. The van der Waals surface area contributed by atoms with Gasteiger partial charge in [0.25, 0.3) is 0 Å². The average Bonchev–Trinajstić information content (AvgIpc) is 2.88. The second-order valence-corrected chi connectivity index (χ2v) is 12.1. The van der Waals surface area contributed by atoms with Crippen molar-refractivity contribution in [2.75, 3.05) is 6.61 Å². The van der Waals surface area contributed by atoms with Crippen LogP contribution in [0.5, 0.6) is 17.2 Å². The fourth-order valence-electron chi connectivity index (χ4n) is 3.80. The lowest BCUT2D eigenvalue weighted by Crippen LogP contribution is -2.26. The smallest absolute Gasteiger partial charge is 0.316 e. The maximum Gasteiger partial charge on any atom is 0.316 e. The zero-order chi connectivity index (χ0) is 30.1. The molecule has 0 fully saturated rings. The standard InChI is InChI=1S/C34H46O6/c1-10-13-24-22-25(17-20-28(35)23-15-18-26(19-16-23)39-31(36)33(4,5)6)29(38-21-12-3)27(14-11-2)30(24)40-32(37)34(7,8)9/h15-20,22H,10-14,21H2,1-9H3/b20-17+. The highest BCUT2D eigenvalue weighted by Crippen LogP contribution is 2.40. The Hall–Kier alpha value is -3.41. The van der Waals surface area contributed by atoms with Crippen molar-refractivity contribution in [3.8, 4) is 17.2 Å². The summed E-state index contributed by atoms with van der Waals surface area (Å²) in [7, 11) is 0. The first-order valence-corrected chi connectivity index (χ1v) is 14.3. The first-order valence-electron chi connectivity index (χ1n) is 14.3. The maximum atomic E-state index is 13.1. The summed E-state index contributed by atoms with van der Waals surface area (Å²) in [5, 5.41) is 0. The number of benzene rings is 2. The van der Waals surface area contributed by atoms with Gasteiger partial charge in [-0.3, -0.25) is 14.4 Å². The van der Waals surface area contributed by atoms with Crippen molar-refractivity contribution in [2.45, 2.75) is 94.4 Å². The Morgan fingerprint density at radius 1 is 0.750 bits per heavy atom. The molecule has 0 amide bonds. The van der Waals surface area contributed by atoms with Crippen molar-refractivity contribution in [3.05, 3.63) is 58.7 Å². The molecule has 40 heavy (non-hydrogen) atoms. The molecule has 0 spiro atoms. The molecule has 6 nitrogen and oxygen atoms in total. The molecule has 0 N–H and O–H groups in total. The molecule has 0 unspecified atom stereocenters. The molecule has 0 atom stereocenters. The lowest BCUT2D eigenvalue weighted by molar-refractivity contribution is -0.143. The van der Waals surface area contributed by atoms with Crippen molar-refractivity contribution in [1.82, 2.24) is 0 Å². The lowest BCUT2D eigenvalue weighted by atomic mass is 9.94. The predicted molar refractivity (Wildman–Crippen MR) is 160 cm³/mol. The van der Waals surface area contributed by atoms with Gasteiger partial charge in [-0.05, 0) is 109 Å². The number of carbonyl (C=O) groups excluding carboxylic acids is 3. The van der Waals surface area contributed by atoms with E-state index in [-0.39, 0.29) is 17.7 Å². The van der Waals surface area contributed by atoms with Crippen molar-refractivity contribution in [3.63, 3.8) is 0 Å². The Bertz CT molecular complexity index is 1210. The summed E-state index contributed by atoms with van der Waals surface area (Å²) >= 11 is 0. The number of ketones is 1. The highest BCUT2D eigenvalue weighted by atomic mass is 16.5. The molecule has 0 radical (unpaired) electrons. The summed E-state index contributed by atoms with van der Waals surface area (Å²) in [5.41, 5.74) is 1.76. The minimum absolute atomic E-state index is 0.188. The van der Waals surface area contributed by atoms with E-state index in [0.717, 1.165) is 42.4 Å². The summed E-state index contributed by atoms with van der Waals surface area (Å²) in [6.07, 6.45) is 7.22. The third kappa shape index (κ3) is 9.07. The third-order valence-corrected chi connectivity index (χ3v) is 6.08. The van der Waals surface area contributed by atoms with Crippen LogP contribution in [-0.2, 0) is 22.4 Å². The van der Waals surface area contributed by atoms with Gasteiger partial charge in [0.2, 0.25) is 0 Å². The van der Waals surface area contributed by atoms with E-state index < -0.39 is 10.8 Å². The van der Waals surface area contributed by atoms with Gasteiger partial charge in [0.05, 0.1) is 17.4 Å². The number of allylic oxidation sites excluding steroid dienone is 1. The van der Waals surface area contributed by atoms with Crippen LogP contribution in [0.3, 0.4) is 0 Å². The second-order valence-electron chi connectivity index (χ2n) is 12.1. The van der Waals surface area contributed by atoms with Crippen molar-refractivity contribution < 1.29 is 28.6 Å². The Labute approximate surface area is 240 Å². The number of hydrogen-bond acceptors (Lipinski definition) is 6. The molecule has 0 saturated heterocycles. The Morgan fingerprint density at radius 3 is 1.85 bits per heavy atom. The monoisotopic (exact) mass is 550 g/mol. The van der Waals surface area contributed by atoms with E-state index in [2.05, 4.69) is 13.8 Å². The molecule has 0 aliphatic carbocycles. The summed E-state index contributed by atoms with van der Waals surface area (Å²) in [6, 6.07) is 8.51. The average molecular weight is 551 g/mol. The summed E-state index contributed by atoms with van der Waals surface area (Å²) in [4.78, 5) is 38.1. The Kier molecular flexibility index (Phi) is 11.7. The molecule has 0 heterocycles. The van der Waals surface area contributed by atoms with E-state index >= 15 is 0 Å². The fourth-order valence-corrected chi connectivity index (χ4v) is 3.80. The van der Waals surface area contributed by atoms with Crippen molar-refractivity contribution in [1.29, 1.82) is 0 Å². The molecule has 218 valence electrons. The van der Waals surface area contributed by atoms with Crippen molar-refractivity contribution in [2.24, 2.45) is 10.8 Å². The molecule has 2 aromatic carbocycles. The lowest BCUT2D eigenvalue weighted by Gasteiger charge is -2.23. The largest absolute Gasteiger partial charge is 0.493 e. The van der Waals surface area contributed by atoms with Crippen LogP contribution in [-0.4, -0.2) is 24.3 Å². The molecule has 2 aromatic rings. The van der Waals surface area contributed by atoms with Crippen LogP contribution >= 0.6 is 0 Å². The third-order valence-electron chi connectivity index (χ3n) is 6.08. The maximum absolute atomic E-state index is 13.1. The summed E-state index contributed by atoms with van der Waals surface area (Å²) in [5.74, 6) is 0.802. The molecular weight excluding hydrogens is 504 g/mol. The van der Waals surface area contributed by atoms with Gasteiger partial charge in [-0.2, -0.15) is 0 Å². The topological polar surface area (TPSA) is 78.9 Å². The van der Waals surface area contributed by atoms with Crippen molar-refractivity contribution >= 4 is 23.8 Å². The fraction of sp³-hybridized carbons (Fsp3) is 0.500. The van der Waals surface area contributed by atoms with Gasteiger partial charge in [0.15, 0.2) is 5.78 Å². The van der Waals surface area contributed by atoms with Gasteiger partial charge in [-0.15, -0.1) is 0 Å². The number of esters is 2. The van der Waals surface area contributed by atoms with Gasteiger partial charge >= 0.3 is 11.9 Å². The van der Waals surface area contributed by atoms with E-state index in [1.54, 1.807) is 51.1 Å². The first kappa shape index (κ1) is 32.8. The van der Waals surface area contributed by atoms with Gasteiger partial charge < -0.3 is 14.2 Å². The van der Waals surface area contributed by atoms with E-state index in [0.29, 0.717) is 35.8 Å². The zero-order valence-electron chi connectivity index (χ0n) is 25.7. The molecule has 6 heteroatoms. The van der Waals surface area contributed by atoms with Gasteiger partial charge in [-0.25, -0.2) is 0 Å². The molecule has 2 rings (SSSR count). The number of ether oxygens (including phenoxy) is 3. The van der Waals surface area contributed by atoms with Crippen LogP contribution in [0.15, 0.2) is 36.4 Å². The van der Waals surface area contributed by atoms with Gasteiger partial charge in [0.1, 0.15) is 17.2 Å². The summed E-state index contributed by atoms with van der Waals surface area (Å²) < 4.78 is 17.7. The predicted octanol–water partition coefficient (Wildman–Crippen LogP) is 8.18. The summed E-state index contributed by atoms with van der Waals surface area (Å²) in [6.45, 7) is 17.6. The highest BCUT2D eigenvalue weighted by Gasteiger charge is 2.28. The SMILES string of the molecule is CCCOc1c(/C=C/C(=O)c2ccc(OC(=O)C(C)(C)C)cc2)cc(CCC)c(OC(=O)C(C)(C)C)c1CCC. The number of carbonyl (C=O) groups is 3. The minimum atomic E-state index is -0.650. The second kappa shape index (κ2) is 14.3. The van der Waals surface area contributed by atoms with E-state index in [4.69, 9.17) is 14.2 Å². The van der Waals surface area contributed by atoms with Crippen LogP contribution in [0.4, 0.5) is 0 Å². The van der Waals surface area contributed by atoms with Crippen LogP contribution in [0.1, 0.15) is 109 Å². The van der Waals surface area contributed by atoms with Crippen LogP contribution in [0.2, 0.25) is 0 Å². The highest BCUT2D eigenvalue weighted by molar-refractivity contribution is 6.07. The number of hydrogen-bond donors (Lipinski definition) is 0. The molecular formula is C34H46O6. The Morgan fingerprint density at radius 2 is 1.32 bits per heavy atom. The quantitative estimate of drug-likeness (QED) is 0.115. The van der Waals surface area contributed by atoms with E-state index in [1.807, 2.05) is 33.8 Å². The zero-order valence-corrected chi connectivity index (χ0v) is 25.7. The Balaban J connectivity index is 2.50. The normalized spacial score (nSPS) is 11.9. The van der Waals surface area contributed by atoms with Crippen LogP contribution in [0.25, 0.3) is 6.08 Å². The van der Waals surface area contributed by atoms with Crippen LogP contribution < -0.4 is 14.2 Å². The molecule has 0 aliphatic heterocycles. The molecule has 0 aromatic heterocycles. The van der Waals surface area contributed by atoms with Gasteiger partial charge in [-0.1, -0.05) is 33.6 Å². The molecule has 0 saturated carbocycles.